The largest absolute Gasteiger partial charge is 0.368 e. The van der Waals surface area contributed by atoms with Crippen molar-refractivity contribution in [2.24, 2.45) is 0 Å². The number of aromatic nitrogens is 1. The molecule has 0 aliphatic carbocycles. The van der Waals surface area contributed by atoms with Gasteiger partial charge in [-0.25, -0.2) is 4.39 Å². The second-order valence-electron chi connectivity index (χ2n) is 6.09. The first-order valence-corrected chi connectivity index (χ1v) is 7.75. The minimum Gasteiger partial charge on any atom is -0.368 e. The van der Waals surface area contributed by atoms with Crippen LogP contribution in [0.3, 0.4) is 0 Å². The summed E-state index contributed by atoms with van der Waals surface area (Å²) in [5.41, 5.74) is 1.59. The molecule has 1 saturated heterocycles. The Morgan fingerprint density at radius 3 is 3.18 bits per heavy atom. The minimum absolute atomic E-state index is 0.190. The van der Waals surface area contributed by atoms with Gasteiger partial charge in [-0.15, -0.1) is 0 Å². The highest BCUT2D eigenvalue weighted by Gasteiger charge is 2.17. The van der Waals surface area contributed by atoms with E-state index >= 15 is 0 Å². The van der Waals surface area contributed by atoms with Gasteiger partial charge in [0.2, 0.25) is 0 Å². The summed E-state index contributed by atoms with van der Waals surface area (Å²) in [6, 6.07) is 5.69. The van der Waals surface area contributed by atoms with Crippen molar-refractivity contribution in [3.8, 4) is 0 Å². The van der Waals surface area contributed by atoms with Crippen LogP contribution in [0.5, 0.6) is 0 Å². The van der Waals surface area contributed by atoms with E-state index in [2.05, 4.69) is 34.1 Å². The summed E-state index contributed by atoms with van der Waals surface area (Å²) in [6.07, 6.45) is 4.16. The summed E-state index contributed by atoms with van der Waals surface area (Å²) >= 11 is 0. The van der Waals surface area contributed by atoms with Crippen LogP contribution >= 0.6 is 0 Å². The Labute approximate surface area is 130 Å². The highest BCUT2D eigenvalue weighted by Crippen LogP contribution is 2.18. The Kier molecular flexibility index (Phi) is 4.34. The molecule has 0 radical (unpaired) electrons. The van der Waals surface area contributed by atoms with Crippen LogP contribution in [0, 0.1) is 5.82 Å². The van der Waals surface area contributed by atoms with E-state index < -0.39 is 0 Å². The molecule has 2 heterocycles. The summed E-state index contributed by atoms with van der Waals surface area (Å²) in [6.45, 7) is 6.60. The summed E-state index contributed by atoms with van der Waals surface area (Å²) in [5.74, 6) is 0.566. The van der Waals surface area contributed by atoms with Gasteiger partial charge in [0.15, 0.2) is 0 Å². The molecule has 1 aromatic carbocycles. The predicted molar refractivity (Wildman–Crippen MR) is 87.9 cm³/mol. The lowest BCUT2D eigenvalue weighted by Crippen LogP contribution is -2.45. The molecule has 4 nitrogen and oxygen atoms in total. The zero-order chi connectivity index (χ0) is 15.5. The quantitative estimate of drug-likeness (QED) is 0.795. The van der Waals surface area contributed by atoms with Crippen molar-refractivity contribution in [2.45, 2.75) is 25.4 Å². The molecule has 5 heteroatoms. The van der Waals surface area contributed by atoms with E-state index in [-0.39, 0.29) is 5.82 Å². The van der Waals surface area contributed by atoms with E-state index in [1.54, 1.807) is 6.07 Å². The van der Waals surface area contributed by atoms with E-state index in [0.717, 1.165) is 36.2 Å². The number of hydrogen-bond donors (Lipinski definition) is 3. The first kappa shape index (κ1) is 14.9. The number of rotatable bonds is 5. The molecule has 1 fully saturated rings. The molecule has 1 aromatic heterocycles. The number of likely N-dealkylation sites (tertiary alicyclic amines) is 1. The molecule has 0 saturated carbocycles. The van der Waals surface area contributed by atoms with Gasteiger partial charge in [0.05, 0.1) is 5.82 Å². The molecule has 1 atom stereocenters. The van der Waals surface area contributed by atoms with E-state index in [1.807, 2.05) is 18.3 Å². The van der Waals surface area contributed by atoms with Crippen molar-refractivity contribution < 1.29 is 4.39 Å². The van der Waals surface area contributed by atoms with E-state index in [4.69, 9.17) is 0 Å². The van der Waals surface area contributed by atoms with E-state index in [0.29, 0.717) is 18.2 Å². The van der Waals surface area contributed by atoms with Crippen molar-refractivity contribution in [3.05, 3.63) is 48.2 Å². The highest BCUT2D eigenvalue weighted by molar-refractivity contribution is 5.80. The maximum absolute atomic E-state index is 14.0. The van der Waals surface area contributed by atoms with Crippen LogP contribution in [0.4, 0.5) is 4.39 Å². The minimum atomic E-state index is -0.190. The molecule has 3 N–H and O–H groups in total. The van der Waals surface area contributed by atoms with Crippen LogP contribution < -0.4 is 10.6 Å². The Balaban J connectivity index is 1.56. The van der Waals surface area contributed by atoms with Gasteiger partial charge in [-0.1, -0.05) is 6.58 Å². The molecule has 0 spiro atoms. The van der Waals surface area contributed by atoms with Crippen LogP contribution in [0.25, 0.3) is 10.9 Å². The monoisotopic (exact) mass is 302 g/mol. The van der Waals surface area contributed by atoms with E-state index in [1.165, 1.54) is 6.42 Å². The molecule has 0 bridgehead atoms. The second kappa shape index (κ2) is 6.40. The molecule has 3 rings (SSSR count). The Bertz CT molecular complexity index is 664. The second-order valence-corrected chi connectivity index (χ2v) is 6.09. The number of halogens is 1. The number of piperidine rings is 1. The highest BCUT2D eigenvalue weighted by atomic mass is 19.1. The predicted octanol–water partition coefficient (Wildman–Crippen LogP) is 2.55. The fourth-order valence-electron chi connectivity index (χ4n) is 3.04. The number of nitrogens with one attached hydrogen (secondary N) is 3. The summed E-state index contributed by atoms with van der Waals surface area (Å²) in [4.78, 5) is 5.42. The van der Waals surface area contributed by atoms with Gasteiger partial charge in [0.1, 0.15) is 5.82 Å². The molecule has 1 aliphatic heterocycles. The van der Waals surface area contributed by atoms with Gasteiger partial charge in [0.25, 0.3) is 0 Å². The third-order valence-electron chi connectivity index (χ3n) is 4.22. The van der Waals surface area contributed by atoms with Crippen molar-refractivity contribution in [1.29, 1.82) is 0 Å². The summed E-state index contributed by atoms with van der Waals surface area (Å²) in [5, 5.41) is 7.47. The van der Waals surface area contributed by atoms with Gasteiger partial charge in [0, 0.05) is 41.8 Å². The number of aromatic amines is 1. The summed E-state index contributed by atoms with van der Waals surface area (Å²) < 4.78 is 14.0. The van der Waals surface area contributed by atoms with Gasteiger partial charge < -0.3 is 20.5 Å². The van der Waals surface area contributed by atoms with E-state index in [9.17, 15) is 4.39 Å². The smallest absolute Gasteiger partial charge is 0.128 e. The van der Waals surface area contributed by atoms with Gasteiger partial charge in [-0.05, 0) is 44.6 Å². The van der Waals surface area contributed by atoms with Crippen LogP contribution in [0.15, 0.2) is 36.8 Å². The standard InChI is InChI=1S/C17H23FN4/c1-12(21-15-4-3-7-22(2)11-15)20-10-14-9-17-13(5-6-19-17)8-16(14)18/h5-6,8-9,15,19-21H,1,3-4,7,10-11H2,2H3. The number of hydrogen-bond acceptors (Lipinski definition) is 3. The average Bonchev–Trinajstić information content (AvgIpc) is 2.92. The van der Waals surface area contributed by atoms with Crippen LogP contribution in [-0.2, 0) is 6.54 Å². The van der Waals surface area contributed by atoms with Crippen LogP contribution in [-0.4, -0.2) is 36.1 Å². The molecule has 1 aliphatic rings. The molecule has 118 valence electrons. The zero-order valence-electron chi connectivity index (χ0n) is 13.0. The van der Waals surface area contributed by atoms with Gasteiger partial charge >= 0.3 is 0 Å². The number of benzene rings is 1. The molecule has 22 heavy (non-hydrogen) atoms. The average molecular weight is 302 g/mol. The van der Waals surface area contributed by atoms with Crippen molar-refractivity contribution in [3.63, 3.8) is 0 Å². The van der Waals surface area contributed by atoms with Crippen LogP contribution in [0.2, 0.25) is 0 Å². The first-order valence-electron chi connectivity index (χ1n) is 7.75. The SMILES string of the molecule is C=C(NCc1cc2[nH]ccc2cc1F)NC1CCCN(C)C1. The fourth-order valence-corrected chi connectivity index (χ4v) is 3.04. The molecule has 1 unspecified atom stereocenters. The lowest BCUT2D eigenvalue weighted by atomic mass is 10.1. The number of likely N-dealkylation sites (N-methyl/N-ethyl adjacent to an activating group) is 1. The Morgan fingerprint density at radius 1 is 1.50 bits per heavy atom. The zero-order valence-corrected chi connectivity index (χ0v) is 13.0. The maximum atomic E-state index is 14.0. The lowest BCUT2D eigenvalue weighted by Gasteiger charge is -2.31. The Hall–Kier alpha value is -2.01. The summed E-state index contributed by atoms with van der Waals surface area (Å²) in [7, 11) is 2.13. The topological polar surface area (TPSA) is 43.1 Å². The normalized spacial score (nSPS) is 19.3. The maximum Gasteiger partial charge on any atom is 0.128 e. The molecule has 2 aromatic rings. The lowest BCUT2D eigenvalue weighted by molar-refractivity contribution is 0.233. The van der Waals surface area contributed by atoms with Crippen molar-refractivity contribution in [2.75, 3.05) is 20.1 Å². The van der Waals surface area contributed by atoms with Crippen molar-refractivity contribution >= 4 is 10.9 Å². The third-order valence-corrected chi connectivity index (χ3v) is 4.22. The number of nitrogens with zero attached hydrogens (tertiary/aromatic N) is 1. The fraction of sp³-hybridized carbons (Fsp3) is 0.412. The number of H-pyrrole nitrogens is 1. The van der Waals surface area contributed by atoms with Gasteiger partial charge in [-0.2, -0.15) is 0 Å². The third kappa shape index (κ3) is 3.42. The molecular weight excluding hydrogens is 279 g/mol. The first-order chi connectivity index (χ1) is 10.6. The molecule has 0 amide bonds. The van der Waals surface area contributed by atoms with Crippen molar-refractivity contribution in [1.82, 2.24) is 20.5 Å². The van der Waals surface area contributed by atoms with Crippen LogP contribution in [0.1, 0.15) is 18.4 Å². The Morgan fingerprint density at radius 2 is 2.36 bits per heavy atom. The van der Waals surface area contributed by atoms with Gasteiger partial charge in [-0.3, -0.25) is 0 Å². The molecular formula is C17H23FN4. The number of fused-ring (bicyclic) bond motifs is 1.